The molecule has 0 saturated heterocycles. The van der Waals surface area contributed by atoms with E-state index in [1.54, 1.807) is 20.8 Å². The van der Waals surface area contributed by atoms with Crippen LogP contribution in [-0.2, 0) is 14.8 Å². The van der Waals surface area contributed by atoms with Crippen molar-refractivity contribution in [2.75, 3.05) is 12.3 Å². The zero-order valence-corrected chi connectivity index (χ0v) is 11.9. The molecule has 1 atom stereocenters. The SMILES string of the molecule is CC(C)(C)OC(=O)N[C@@H](CCCN)CS(N)(=O)=O. The third kappa shape index (κ3) is 10.3. The highest BCUT2D eigenvalue weighted by Crippen LogP contribution is 2.08. The second-order valence-corrected chi connectivity index (χ2v) is 6.76. The molecule has 0 aromatic carbocycles. The Morgan fingerprint density at radius 1 is 1.39 bits per heavy atom. The molecule has 0 radical (unpaired) electrons. The summed E-state index contributed by atoms with van der Waals surface area (Å²) in [5.74, 6) is -0.327. The highest BCUT2D eigenvalue weighted by Gasteiger charge is 2.21. The van der Waals surface area contributed by atoms with Crippen LogP contribution in [0.5, 0.6) is 0 Å². The van der Waals surface area contributed by atoms with E-state index < -0.39 is 27.8 Å². The number of carbonyl (C=O) groups excluding carboxylic acids is 1. The normalized spacial score (nSPS) is 14.1. The maximum absolute atomic E-state index is 11.5. The predicted molar refractivity (Wildman–Crippen MR) is 69.4 cm³/mol. The number of carbonyl (C=O) groups is 1. The maximum atomic E-state index is 11.5. The number of hydrogen-bond donors (Lipinski definition) is 3. The number of rotatable bonds is 6. The highest BCUT2D eigenvalue weighted by molar-refractivity contribution is 7.89. The summed E-state index contributed by atoms with van der Waals surface area (Å²) in [5, 5.41) is 7.45. The molecule has 0 aliphatic rings. The van der Waals surface area contributed by atoms with Crippen LogP contribution in [0.25, 0.3) is 0 Å². The minimum Gasteiger partial charge on any atom is -0.444 e. The molecule has 0 unspecified atom stereocenters. The van der Waals surface area contributed by atoms with E-state index in [0.29, 0.717) is 19.4 Å². The Kier molecular flexibility index (Phi) is 6.58. The smallest absolute Gasteiger partial charge is 0.407 e. The molecule has 0 rings (SSSR count). The average Bonchev–Trinajstić information content (AvgIpc) is 2.08. The molecule has 0 heterocycles. The lowest BCUT2D eigenvalue weighted by atomic mass is 10.2. The van der Waals surface area contributed by atoms with Crippen molar-refractivity contribution in [3.63, 3.8) is 0 Å². The van der Waals surface area contributed by atoms with Crippen molar-refractivity contribution >= 4 is 16.1 Å². The molecule has 0 aromatic rings. The summed E-state index contributed by atoms with van der Waals surface area (Å²) in [4.78, 5) is 11.5. The molecule has 0 spiro atoms. The van der Waals surface area contributed by atoms with E-state index >= 15 is 0 Å². The number of amides is 1. The Labute approximate surface area is 108 Å². The third-order valence-corrected chi connectivity index (χ3v) is 2.78. The molecular formula is C10H23N3O4S. The lowest BCUT2D eigenvalue weighted by molar-refractivity contribution is 0.0507. The summed E-state index contributed by atoms with van der Waals surface area (Å²) in [6.45, 7) is 5.58. The van der Waals surface area contributed by atoms with Crippen LogP contribution < -0.4 is 16.2 Å². The monoisotopic (exact) mass is 281 g/mol. The van der Waals surface area contributed by atoms with E-state index in [-0.39, 0.29) is 5.75 Å². The number of nitrogens with two attached hydrogens (primary N) is 2. The Hall–Kier alpha value is -0.860. The van der Waals surface area contributed by atoms with Crippen LogP contribution >= 0.6 is 0 Å². The molecule has 0 aliphatic heterocycles. The van der Waals surface area contributed by atoms with Gasteiger partial charge in [0, 0.05) is 6.04 Å². The van der Waals surface area contributed by atoms with Gasteiger partial charge in [-0.05, 0) is 40.2 Å². The molecule has 0 aliphatic carbocycles. The summed E-state index contributed by atoms with van der Waals surface area (Å²) < 4.78 is 27.1. The first-order chi connectivity index (χ1) is 8.03. The minimum atomic E-state index is -3.65. The van der Waals surface area contributed by atoms with E-state index in [0.717, 1.165) is 0 Å². The van der Waals surface area contributed by atoms with Crippen LogP contribution in [-0.4, -0.2) is 38.5 Å². The fourth-order valence-electron chi connectivity index (χ4n) is 1.32. The largest absolute Gasteiger partial charge is 0.444 e. The van der Waals surface area contributed by atoms with Crippen molar-refractivity contribution in [3.05, 3.63) is 0 Å². The molecule has 18 heavy (non-hydrogen) atoms. The lowest BCUT2D eigenvalue weighted by Crippen LogP contribution is -2.44. The van der Waals surface area contributed by atoms with Crippen LogP contribution in [0.2, 0.25) is 0 Å². The number of primary sulfonamides is 1. The quantitative estimate of drug-likeness (QED) is 0.627. The van der Waals surface area contributed by atoms with Crippen molar-refractivity contribution in [1.29, 1.82) is 0 Å². The van der Waals surface area contributed by atoms with E-state index in [1.807, 2.05) is 0 Å². The van der Waals surface area contributed by atoms with Gasteiger partial charge in [-0.2, -0.15) is 0 Å². The van der Waals surface area contributed by atoms with Crippen LogP contribution in [0.15, 0.2) is 0 Å². The second kappa shape index (κ2) is 6.91. The van der Waals surface area contributed by atoms with E-state index in [1.165, 1.54) is 0 Å². The number of alkyl carbamates (subject to hydrolysis) is 1. The van der Waals surface area contributed by atoms with Gasteiger partial charge in [0.2, 0.25) is 10.0 Å². The van der Waals surface area contributed by atoms with E-state index in [9.17, 15) is 13.2 Å². The minimum absolute atomic E-state index is 0.327. The van der Waals surface area contributed by atoms with Gasteiger partial charge in [-0.3, -0.25) is 0 Å². The van der Waals surface area contributed by atoms with Crippen LogP contribution in [0.3, 0.4) is 0 Å². The van der Waals surface area contributed by atoms with Gasteiger partial charge in [-0.25, -0.2) is 18.4 Å². The Morgan fingerprint density at radius 3 is 2.33 bits per heavy atom. The fraction of sp³-hybridized carbons (Fsp3) is 0.900. The highest BCUT2D eigenvalue weighted by atomic mass is 32.2. The Morgan fingerprint density at radius 2 is 1.94 bits per heavy atom. The topological polar surface area (TPSA) is 125 Å². The maximum Gasteiger partial charge on any atom is 0.407 e. The Balaban J connectivity index is 4.44. The molecule has 0 fully saturated rings. The standard InChI is InChI=1S/C10H23N3O4S/c1-10(2,3)17-9(14)13-8(5-4-6-11)7-18(12,15)16/h8H,4-7,11H2,1-3H3,(H,13,14)(H2,12,15,16)/t8-/m0/s1. The van der Waals surface area contributed by atoms with Crippen molar-refractivity contribution in [3.8, 4) is 0 Å². The summed E-state index contributed by atoms with van der Waals surface area (Å²) in [6, 6.07) is -0.585. The number of sulfonamides is 1. The van der Waals surface area contributed by atoms with Gasteiger partial charge in [0.05, 0.1) is 5.75 Å². The first-order valence-electron chi connectivity index (χ1n) is 5.73. The van der Waals surface area contributed by atoms with E-state index in [4.69, 9.17) is 15.6 Å². The number of hydrogen-bond acceptors (Lipinski definition) is 5. The van der Waals surface area contributed by atoms with Crippen molar-refractivity contribution in [2.45, 2.75) is 45.3 Å². The number of ether oxygens (including phenoxy) is 1. The zero-order chi connectivity index (χ0) is 14.4. The zero-order valence-electron chi connectivity index (χ0n) is 11.1. The van der Waals surface area contributed by atoms with Crippen LogP contribution in [0, 0.1) is 0 Å². The first kappa shape index (κ1) is 17.1. The van der Waals surface area contributed by atoms with Crippen LogP contribution in [0.4, 0.5) is 4.79 Å². The van der Waals surface area contributed by atoms with Gasteiger partial charge in [-0.15, -0.1) is 0 Å². The molecule has 1 amide bonds. The average molecular weight is 281 g/mol. The first-order valence-corrected chi connectivity index (χ1v) is 7.45. The van der Waals surface area contributed by atoms with Gasteiger partial charge in [0.15, 0.2) is 0 Å². The summed E-state index contributed by atoms with van der Waals surface area (Å²) >= 11 is 0. The molecule has 0 aromatic heterocycles. The molecule has 7 nitrogen and oxygen atoms in total. The van der Waals surface area contributed by atoms with Crippen LogP contribution in [0.1, 0.15) is 33.6 Å². The molecular weight excluding hydrogens is 258 g/mol. The lowest BCUT2D eigenvalue weighted by Gasteiger charge is -2.23. The number of nitrogens with one attached hydrogen (secondary N) is 1. The van der Waals surface area contributed by atoms with Gasteiger partial charge in [0.1, 0.15) is 5.60 Å². The molecule has 108 valence electrons. The molecule has 5 N–H and O–H groups in total. The van der Waals surface area contributed by atoms with Crippen molar-refractivity contribution in [1.82, 2.24) is 5.32 Å². The van der Waals surface area contributed by atoms with Gasteiger partial charge in [0.25, 0.3) is 0 Å². The third-order valence-electron chi connectivity index (χ3n) is 1.91. The van der Waals surface area contributed by atoms with E-state index in [2.05, 4.69) is 5.32 Å². The van der Waals surface area contributed by atoms with Gasteiger partial charge >= 0.3 is 6.09 Å². The molecule has 8 heteroatoms. The summed E-state index contributed by atoms with van der Waals surface area (Å²) in [7, 11) is -3.65. The second-order valence-electron chi connectivity index (χ2n) is 5.10. The van der Waals surface area contributed by atoms with Gasteiger partial charge in [-0.1, -0.05) is 0 Å². The molecule has 0 bridgehead atoms. The summed E-state index contributed by atoms with van der Waals surface area (Å²) in [6.07, 6.45) is 0.371. The predicted octanol–water partition coefficient (Wildman–Crippen LogP) is -0.0929. The van der Waals surface area contributed by atoms with Crippen molar-refractivity contribution < 1.29 is 17.9 Å². The van der Waals surface area contributed by atoms with Gasteiger partial charge < -0.3 is 15.8 Å². The fourth-order valence-corrected chi connectivity index (χ4v) is 2.13. The Bertz CT molecular complexity index is 362. The summed E-state index contributed by atoms with van der Waals surface area (Å²) in [5.41, 5.74) is 4.71. The molecule has 0 saturated carbocycles. The van der Waals surface area contributed by atoms with Crippen molar-refractivity contribution in [2.24, 2.45) is 10.9 Å².